The van der Waals surface area contributed by atoms with E-state index in [1.54, 1.807) is 0 Å². The second-order valence-corrected chi connectivity index (χ2v) is 6.38. The normalized spacial score (nSPS) is 20.6. The van der Waals surface area contributed by atoms with Crippen LogP contribution in [-0.2, 0) is 11.2 Å². The van der Waals surface area contributed by atoms with Crippen molar-refractivity contribution >= 4 is 39.9 Å². The van der Waals surface area contributed by atoms with E-state index in [4.69, 9.17) is 0 Å². The number of anilines is 1. The number of halogens is 2. The lowest BCUT2D eigenvalue weighted by molar-refractivity contribution is -0.118. The minimum atomic E-state index is 0. The molecule has 1 saturated heterocycles. The first-order valence-corrected chi connectivity index (χ1v) is 7.83. The smallest absolute Gasteiger partial charge is 0.227 e. The highest BCUT2D eigenvalue weighted by Crippen LogP contribution is 2.31. The van der Waals surface area contributed by atoms with Crippen LogP contribution in [0.3, 0.4) is 0 Å². The van der Waals surface area contributed by atoms with E-state index < -0.39 is 0 Å². The molecule has 20 heavy (non-hydrogen) atoms. The van der Waals surface area contributed by atoms with Gasteiger partial charge in [-0.3, -0.25) is 4.79 Å². The Morgan fingerprint density at radius 3 is 3.05 bits per heavy atom. The summed E-state index contributed by atoms with van der Waals surface area (Å²) in [4.78, 5) is 14.3. The molecule has 0 aromatic heterocycles. The van der Waals surface area contributed by atoms with Crippen molar-refractivity contribution in [2.24, 2.45) is 5.92 Å². The molecule has 3 rings (SSSR count). The Morgan fingerprint density at radius 1 is 1.45 bits per heavy atom. The van der Waals surface area contributed by atoms with Crippen molar-refractivity contribution in [2.45, 2.75) is 25.7 Å². The van der Waals surface area contributed by atoms with Crippen molar-refractivity contribution in [3.05, 3.63) is 28.2 Å². The van der Waals surface area contributed by atoms with Crippen LogP contribution in [0.2, 0.25) is 0 Å². The first kappa shape index (κ1) is 15.8. The maximum absolute atomic E-state index is 12.4. The molecule has 1 amide bonds. The SMILES string of the molecule is Cl.O=C(CCC1CCNC1)N1CCc2ccc(Br)cc21. The third kappa shape index (κ3) is 3.35. The van der Waals surface area contributed by atoms with E-state index in [1.165, 1.54) is 12.0 Å². The molecule has 0 saturated carbocycles. The molecule has 110 valence electrons. The minimum Gasteiger partial charge on any atom is -0.316 e. The van der Waals surface area contributed by atoms with Crippen molar-refractivity contribution < 1.29 is 4.79 Å². The Kier molecular flexibility index (Phi) is 5.47. The third-order valence-corrected chi connectivity index (χ3v) is 4.67. The molecule has 1 fully saturated rings. The van der Waals surface area contributed by atoms with Gasteiger partial charge < -0.3 is 10.2 Å². The molecule has 5 heteroatoms. The Bertz CT molecular complexity index is 489. The van der Waals surface area contributed by atoms with Gasteiger partial charge in [0.1, 0.15) is 0 Å². The average Bonchev–Trinajstić information content (AvgIpc) is 3.04. The van der Waals surface area contributed by atoms with Crippen LogP contribution in [0.1, 0.15) is 24.8 Å². The van der Waals surface area contributed by atoms with Crippen LogP contribution < -0.4 is 10.2 Å². The maximum Gasteiger partial charge on any atom is 0.227 e. The zero-order valence-corrected chi connectivity index (χ0v) is 13.8. The molecule has 1 aromatic carbocycles. The molecule has 1 N–H and O–H groups in total. The van der Waals surface area contributed by atoms with Crippen molar-refractivity contribution in [1.82, 2.24) is 5.32 Å². The summed E-state index contributed by atoms with van der Waals surface area (Å²) in [5.74, 6) is 0.970. The summed E-state index contributed by atoms with van der Waals surface area (Å²) in [5.41, 5.74) is 2.39. The van der Waals surface area contributed by atoms with E-state index in [2.05, 4.69) is 39.4 Å². The number of benzene rings is 1. The van der Waals surface area contributed by atoms with Gasteiger partial charge in [-0.05, 0) is 56.0 Å². The van der Waals surface area contributed by atoms with Crippen LogP contribution >= 0.6 is 28.3 Å². The highest BCUT2D eigenvalue weighted by molar-refractivity contribution is 9.10. The zero-order chi connectivity index (χ0) is 13.2. The Labute approximate surface area is 134 Å². The summed E-state index contributed by atoms with van der Waals surface area (Å²) in [5, 5.41) is 3.36. The lowest BCUT2D eigenvalue weighted by atomic mass is 10.0. The second-order valence-electron chi connectivity index (χ2n) is 5.47. The van der Waals surface area contributed by atoms with E-state index in [9.17, 15) is 4.79 Å². The molecule has 1 atom stereocenters. The van der Waals surface area contributed by atoms with Crippen LogP contribution in [-0.4, -0.2) is 25.5 Å². The second kappa shape index (κ2) is 6.92. The third-order valence-electron chi connectivity index (χ3n) is 4.17. The fourth-order valence-corrected chi connectivity index (χ4v) is 3.38. The highest BCUT2D eigenvalue weighted by atomic mass is 79.9. The van der Waals surface area contributed by atoms with Gasteiger partial charge in [0.2, 0.25) is 5.91 Å². The van der Waals surface area contributed by atoms with Gasteiger partial charge in [-0.1, -0.05) is 22.0 Å². The lowest BCUT2D eigenvalue weighted by Gasteiger charge is -2.18. The molecule has 3 nitrogen and oxygen atoms in total. The molecule has 1 unspecified atom stereocenters. The van der Waals surface area contributed by atoms with Crippen LogP contribution in [0.4, 0.5) is 5.69 Å². The van der Waals surface area contributed by atoms with Crippen molar-refractivity contribution in [1.29, 1.82) is 0 Å². The fraction of sp³-hybridized carbons (Fsp3) is 0.533. The van der Waals surface area contributed by atoms with E-state index >= 15 is 0 Å². The summed E-state index contributed by atoms with van der Waals surface area (Å²) >= 11 is 3.49. The number of nitrogens with one attached hydrogen (secondary N) is 1. The maximum atomic E-state index is 12.4. The van der Waals surface area contributed by atoms with E-state index in [0.717, 1.165) is 42.6 Å². The molecule has 0 aliphatic carbocycles. The predicted molar refractivity (Wildman–Crippen MR) is 87.7 cm³/mol. The molecule has 1 aromatic rings. The van der Waals surface area contributed by atoms with E-state index in [-0.39, 0.29) is 18.3 Å². The zero-order valence-electron chi connectivity index (χ0n) is 11.4. The topological polar surface area (TPSA) is 32.3 Å². The van der Waals surface area contributed by atoms with Crippen molar-refractivity contribution in [3.8, 4) is 0 Å². The largest absolute Gasteiger partial charge is 0.316 e. The van der Waals surface area contributed by atoms with Gasteiger partial charge in [0.15, 0.2) is 0 Å². The minimum absolute atomic E-state index is 0. The lowest BCUT2D eigenvalue weighted by Crippen LogP contribution is -2.29. The van der Waals surface area contributed by atoms with Gasteiger partial charge in [-0.25, -0.2) is 0 Å². The Balaban J connectivity index is 0.00000147. The quantitative estimate of drug-likeness (QED) is 0.899. The Morgan fingerprint density at radius 2 is 2.30 bits per heavy atom. The molecule has 0 radical (unpaired) electrons. The number of amides is 1. The summed E-state index contributed by atoms with van der Waals surface area (Å²) < 4.78 is 1.05. The molecule has 0 bridgehead atoms. The molecule has 0 spiro atoms. The van der Waals surface area contributed by atoms with Crippen LogP contribution in [0.25, 0.3) is 0 Å². The number of carbonyl (C=O) groups is 1. The Hall–Kier alpha value is -0.580. The van der Waals surface area contributed by atoms with Crippen molar-refractivity contribution in [2.75, 3.05) is 24.5 Å². The van der Waals surface area contributed by atoms with Crippen molar-refractivity contribution in [3.63, 3.8) is 0 Å². The number of rotatable bonds is 3. The van der Waals surface area contributed by atoms with E-state index in [0.29, 0.717) is 12.3 Å². The standard InChI is InChI=1S/C15H19BrN2O.ClH/c16-13-3-2-12-6-8-18(14(12)9-13)15(19)4-1-11-5-7-17-10-11;/h2-3,9,11,17H,1,4-8,10H2;1H. The molecule has 2 aliphatic rings. The van der Waals surface area contributed by atoms with Gasteiger partial charge in [0.25, 0.3) is 0 Å². The van der Waals surface area contributed by atoms with Gasteiger partial charge in [0, 0.05) is 23.1 Å². The number of nitrogens with zero attached hydrogens (tertiary/aromatic N) is 1. The van der Waals surface area contributed by atoms with Crippen LogP contribution in [0, 0.1) is 5.92 Å². The first-order valence-electron chi connectivity index (χ1n) is 7.03. The molecule has 2 aliphatic heterocycles. The number of hydrogen-bond acceptors (Lipinski definition) is 2. The molecular formula is C15H20BrClN2O. The summed E-state index contributed by atoms with van der Waals surface area (Å²) in [6, 6.07) is 6.24. The summed E-state index contributed by atoms with van der Waals surface area (Å²) in [6.45, 7) is 3.03. The summed E-state index contributed by atoms with van der Waals surface area (Å²) in [6.07, 6.45) is 3.90. The predicted octanol–water partition coefficient (Wildman–Crippen LogP) is 3.15. The monoisotopic (exact) mass is 358 g/mol. The number of carbonyl (C=O) groups excluding carboxylic acids is 1. The first-order chi connectivity index (χ1) is 9.24. The van der Waals surface area contributed by atoms with Crippen LogP contribution in [0.5, 0.6) is 0 Å². The van der Waals surface area contributed by atoms with Crippen LogP contribution in [0.15, 0.2) is 22.7 Å². The fourth-order valence-electron chi connectivity index (χ4n) is 3.03. The average molecular weight is 360 g/mol. The van der Waals surface area contributed by atoms with E-state index in [1.807, 2.05) is 4.90 Å². The summed E-state index contributed by atoms with van der Waals surface area (Å²) in [7, 11) is 0. The van der Waals surface area contributed by atoms with Gasteiger partial charge in [-0.15, -0.1) is 12.4 Å². The number of hydrogen-bond donors (Lipinski definition) is 1. The van der Waals surface area contributed by atoms with Gasteiger partial charge >= 0.3 is 0 Å². The molecular weight excluding hydrogens is 340 g/mol. The van der Waals surface area contributed by atoms with Gasteiger partial charge in [-0.2, -0.15) is 0 Å². The highest BCUT2D eigenvalue weighted by Gasteiger charge is 2.25. The van der Waals surface area contributed by atoms with Gasteiger partial charge in [0.05, 0.1) is 0 Å². The molecule has 2 heterocycles. The number of fused-ring (bicyclic) bond motifs is 1.